The van der Waals surface area contributed by atoms with Gasteiger partial charge in [0.05, 0.1) is 10.6 Å². The fraction of sp³-hybridized carbons (Fsp3) is 0.400. The lowest BCUT2D eigenvalue weighted by atomic mass is 10.3. The SMILES string of the molecule is CCC(Sc1ncc(C(F)(F)F)cc1Cl)C(=O)O. The molecule has 0 radical (unpaired) electrons. The van der Waals surface area contributed by atoms with E-state index in [0.717, 1.165) is 17.8 Å². The van der Waals surface area contributed by atoms with Gasteiger partial charge in [0.25, 0.3) is 0 Å². The first kappa shape index (κ1) is 15.1. The van der Waals surface area contributed by atoms with Crippen molar-refractivity contribution < 1.29 is 23.1 Å². The molecule has 0 amide bonds. The third kappa shape index (κ3) is 3.78. The van der Waals surface area contributed by atoms with Crippen LogP contribution in [0.4, 0.5) is 13.2 Å². The number of carboxylic acid groups (broad SMARTS) is 1. The van der Waals surface area contributed by atoms with Crippen molar-refractivity contribution in [2.75, 3.05) is 0 Å². The Morgan fingerprint density at radius 2 is 2.22 bits per heavy atom. The molecule has 1 rings (SSSR count). The summed E-state index contributed by atoms with van der Waals surface area (Å²) in [7, 11) is 0. The molecule has 1 unspecified atom stereocenters. The highest BCUT2D eigenvalue weighted by atomic mass is 35.5. The molecule has 0 saturated heterocycles. The molecule has 0 bridgehead atoms. The van der Waals surface area contributed by atoms with Crippen molar-refractivity contribution >= 4 is 29.3 Å². The lowest BCUT2D eigenvalue weighted by molar-refractivity contribution is -0.138. The Labute approximate surface area is 110 Å². The summed E-state index contributed by atoms with van der Waals surface area (Å²) in [6, 6.07) is 0.742. The third-order valence-corrected chi connectivity index (χ3v) is 3.80. The van der Waals surface area contributed by atoms with Crippen LogP contribution in [0.15, 0.2) is 17.3 Å². The molecule has 1 N–H and O–H groups in total. The zero-order valence-electron chi connectivity index (χ0n) is 9.16. The van der Waals surface area contributed by atoms with Gasteiger partial charge in [-0.05, 0) is 12.5 Å². The van der Waals surface area contributed by atoms with Crippen molar-refractivity contribution in [2.24, 2.45) is 0 Å². The van der Waals surface area contributed by atoms with E-state index in [2.05, 4.69) is 4.98 Å². The summed E-state index contributed by atoms with van der Waals surface area (Å²) in [5.41, 5.74) is -0.958. The van der Waals surface area contributed by atoms with Gasteiger partial charge in [0.15, 0.2) is 0 Å². The van der Waals surface area contributed by atoms with Crippen LogP contribution in [0.25, 0.3) is 0 Å². The molecule has 0 aromatic carbocycles. The molecule has 0 fully saturated rings. The van der Waals surface area contributed by atoms with E-state index < -0.39 is 23.0 Å². The first-order valence-electron chi connectivity index (χ1n) is 4.88. The molecule has 0 aliphatic rings. The number of carboxylic acids is 1. The van der Waals surface area contributed by atoms with Gasteiger partial charge in [0.2, 0.25) is 0 Å². The molecule has 1 aromatic rings. The van der Waals surface area contributed by atoms with Gasteiger partial charge in [0, 0.05) is 6.20 Å². The van der Waals surface area contributed by atoms with E-state index in [0.29, 0.717) is 12.6 Å². The van der Waals surface area contributed by atoms with E-state index in [9.17, 15) is 18.0 Å². The molecule has 0 aliphatic carbocycles. The summed E-state index contributed by atoms with van der Waals surface area (Å²) in [5, 5.41) is 7.93. The van der Waals surface area contributed by atoms with Gasteiger partial charge < -0.3 is 5.11 Å². The Morgan fingerprint density at radius 1 is 1.61 bits per heavy atom. The van der Waals surface area contributed by atoms with Crippen LogP contribution in [-0.4, -0.2) is 21.3 Å². The lowest BCUT2D eigenvalue weighted by Gasteiger charge is -2.11. The van der Waals surface area contributed by atoms with E-state index in [4.69, 9.17) is 16.7 Å². The van der Waals surface area contributed by atoms with Crippen molar-refractivity contribution in [3.63, 3.8) is 0 Å². The van der Waals surface area contributed by atoms with E-state index in [1.165, 1.54) is 0 Å². The fourth-order valence-electron chi connectivity index (χ4n) is 1.11. The Bertz CT molecular complexity index is 453. The Kier molecular flexibility index (Phi) is 4.86. The predicted molar refractivity (Wildman–Crippen MR) is 61.8 cm³/mol. The highest BCUT2D eigenvalue weighted by Gasteiger charge is 2.32. The number of pyridine rings is 1. The number of aliphatic carboxylic acids is 1. The maximum atomic E-state index is 12.4. The van der Waals surface area contributed by atoms with Crippen LogP contribution >= 0.6 is 23.4 Å². The van der Waals surface area contributed by atoms with E-state index in [1.807, 2.05) is 0 Å². The summed E-state index contributed by atoms with van der Waals surface area (Å²) in [6.45, 7) is 1.66. The van der Waals surface area contributed by atoms with Gasteiger partial charge in [0.1, 0.15) is 10.3 Å². The van der Waals surface area contributed by atoms with Crippen molar-refractivity contribution in [3.05, 3.63) is 22.8 Å². The zero-order valence-corrected chi connectivity index (χ0v) is 10.7. The largest absolute Gasteiger partial charge is 0.480 e. The number of nitrogens with zero attached hydrogens (tertiary/aromatic N) is 1. The molecule has 100 valence electrons. The minimum atomic E-state index is -4.52. The second-order valence-electron chi connectivity index (χ2n) is 3.36. The van der Waals surface area contributed by atoms with Crippen molar-refractivity contribution in [3.8, 4) is 0 Å². The zero-order chi connectivity index (χ0) is 13.9. The predicted octanol–water partition coefficient (Wildman–Crippen LogP) is 3.71. The van der Waals surface area contributed by atoms with Crippen LogP contribution in [0, 0.1) is 0 Å². The van der Waals surface area contributed by atoms with Gasteiger partial charge in [-0.3, -0.25) is 4.79 Å². The number of thioether (sulfide) groups is 1. The highest BCUT2D eigenvalue weighted by Crippen LogP contribution is 2.35. The highest BCUT2D eigenvalue weighted by molar-refractivity contribution is 8.00. The summed E-state index contributed by atoms with van der Waals surface area (Å²) >= 11 is 6.50. The number of rotatable bonds is 4. The molecule has 0 spiro atoms. The second kappa shape index (κ2) is 5.79. The molecule has 3 nitrogen and oxygen atoms in total. The molecule has 1 atom stereocenters. The second-order valence-corrected chi connectivity index (χ2v) is 4.96. The number of hydrogen-bond acceptors (Lipinski definition) is 3. The van der Waals surface area contributed by atoms with Crippen LogP contribution < -0.4 is 0 Å². The molecule has 8 heteroatoms. The van der Waals surface area contributed by atoms with Crippen LogP contribution in [0.1, 0.15) is 18.9 Å². The van der Waals surface area contributed by atoms with Crippen LogP contribution in [0.2, 0.25) is 5.02 Å². The van der Waals surface area contributed by atoms with Crippen molar-refractivity contribution in [2.45, 2.75) is 29.8 Å². The Morgan fingerprint density at radius 3 is 2.61 bits per heavy atom. The molecule has 0 saturated carbocycles. The maximum absolute atomic E-state index is 12.4. The van der Waals surface area contributed by atoms with Crippen LogP contribution in [-0.2, 0) is 11.0 Å². The summed E-state index contributed by atoms with van der Waals surface area (Å²) in [6.07, 6.45) is -3.56. The average molecular weight is 300 g/mol. The number of halogens is 4. The summed E-state index contributed by atoms with van der Waals surface area (Å²) in [5.74, 6) is -1.06. The van der Waals surface area contributed by atoms with Gasteiger partial charge in [-0.15, -0.1) is 0 Å². The quantitative estimate of drug-likeness (QED) is 0.861. The van der Waals surface area contributed by atoms with Crippen LogP contribution in [0.3, 0.4) is 0 Å². The monoisotopic (exact) mass is 299 g/mol. The number of hydrogen-bond donors (Lipinski definition) is 1. The Balaban J connectivity index is 2.96. The van der Waals surface area contributed by atoms with E-state index >= 15 is 0 Å². The lowest BCUT2D eigenvalue weighted by Crippen LogP contribution is -2.15. The minimum Gasteiger partial charge on any atom is -0.480 e. The van der Waals surface area contributed by atoms with E-state index in [-0.39, 0.29) is 10.0 Å². The minimum absolute atomic E-state index is 0.0823. The summed E-state index contributed by atoms with van der Waals surface area (Å²) in [4.78, 5) is 14.4. The molecule has 18 heavy (non-hydrogen) atoms. The van der Waals surface area contributed by atoms with Gasteiger partial charge >= 0.3 is 12.1 Å². The number of alkyl halides is 3. The normalized spacial score (nSPS) is 13.4. The summed E-state index contributed by atoms with van der Waals surface area (Å²) < 4.78 is 37.1. The smallest absolute Gasteiger partial charge is 0.417 e. The van der Waals surface area contributed by atoms with E-state index in [1.54, 1.807) is 6.92 Å². The van der Waals surface area contributed by atoms with Crippen LogP contribution in [0.5, 0.6) is 0 Å². The van der Waals surface area contributed by atoms with Crippen molar-refractivity contribution in [1.29, 1.82) is 0 Å². The number of carbonyl (C=O) groups is 1. The van der Waals surface area contributed by atoms with Gasteiger partial charge in [-0.2, -0.15) is 13.2 Å². The van der Waals surface area contributed by atoms with Gasteiger partial charge in [-0.1, -0.05) is 30.3 Å². The fourth-order valence-corrected chi connectivity index (χ4v) is 2.23. The average Bonchev–Trinajstić information content (AvgIpc) is 2.25. The first-order valence-corrected chi connectivity index (χ1v) is 6.13. The molecular formula is C10H9ClF3NO2S. The van der Waals surface area contributed by atoms with Gasteiger partial charge in [-0.25, -0.2) is 4.98 Å². The number of aromatic nitrogens is 1. The first-order chi connectivity index (χ1) is 8.25. The standard InChI is InChI=1S/C10H9ClF3NO2S/c1-2-7(9(16)17)18-8-6(11)3-5(4-15-8)10(12,13)14/h3-4,7H,2H2,1H3,(H,16,17). The maximum Gasteiger partial charge on any atom is 0.417 e. The molecular weight excluding hydrogens is 291 g/mol. The topological polar surface area (TPSA) is 50.2 Å². The molecule has 1 heterocycles. The third-order valence-electron chi connectivity index (χ3n) is 2.03. The Hall–Kier alpha value is -0.950. The molecule has 1 aromatic heterocycles. The van der Waals surface area contributed by atoms with Crippen molar-refractivity contribution in [1.82, 2.24) is 4.98 Å². The molecule has 0 aliphatic heterocycles.